The smallest absolute Gasteiger partial charge is 0.158 e. The number of hydrogen-bond acceptors (Lipinski definition) is 3. The normalized spacial score (nSPS) is 18.3. The first-order valence-corrected chi connectivity index (χ1v) is 9.91. The second-order valence-corrected chi connectivity index (χ2v) is 7.50. The monoisotopic (exact) mass is 394 g/mol. The molecule has 2 atom stereocenters. The van der Waals surface area contributed by atoms with Crippen molar-refractivity contribution in [2.45, 2.75) is 24.8 Å². The van der Waals surface area contributed by atoms with Gasteiger partial charge in [-0.25, -0.2) is 0 Å². The minimum atomic E-state index is 0. The minimum Gasteiger partial charge on any atom is -0.356 e. The number of amidine groups is 1. The number of nitrogens with zero attached hydrogens (tertiary/aromatic N) is 1. The number of halogens is 1. The first-order chi connectivity index (χ1) is 12.8. The molecule has 0 spiro atoms. The van der Waals surface area contributed by atoms with Crippen LogP contribution in [0.4, 0.5) is 0 Å². The van der Waals surface area contributed by atoms with Crippen molar-refractivity contribution in [3.05, 3.63) is 107 Å². The summed E-state index contributed by atoms with van der Waals surface area (Å²) in [5.41, 5.74) is 5.22. The third-order valence-corrected chi connectivity index (χ3v) is 5.73. The van der Waals surface area contributed by atoms with Crippen LogP contribution in [0.15, 0.2) is 89.9 Å². The van der Waals surface area contributed by atoms with E-state index in [1.807, 2.05) is 0 Å². The summed E-state index contributed by atoms with van der Waals surface area (Å²) in [6.45, 7) is 2.17. The van der Waals surface area contributed by atoms with Crippen LogP contribution in [0, 0.1) is 6.92 Å². The Hall–Kier alpha value is -2.23. The quantitative estimate of drug-likeness (QED) is 0.578. The van der Waals surface area contributed by atoms with E-state index in [-0.39, 0.29) is 24.5 Å². The van der Waals surface area contributed by atoms with E-state index in [1.54, 1.807) is 11.8 Å². The van der Waals surface area contributed by atoms with Crippen molar-refractivity contribution in [1.82, 2.24) is 5.32 Å². The number of rotatable bonds is 4. The molecule has 0 saturated carbocycles. The maximum absolute atomic E-state index is 5.03. The van der Waals surface area contributed by atoms with Gasteiger partial charge in [-0.1, -0.05) is 96.7 Å². The third kappa shape index (κ3) is 4.55. The fourth-order valence-electron chi connectivity index (χ4n) is 3.29. The molecule has 1 aliphatic rings. The van der Waals surface area contributed by atoms with Gasteiger partial charge in [-0.3, -0.25) is 4.99 Å². The second kappa shape index (κ2) is 9.12. The highest BCUT2D eigenvalue weighted by atomic mass is 35.5. The highest BCUT2D eigenvalue weighted by Gasteiger charge is 2.31. The van der Waals surface area contributed by atoms with Crippen LogP contribution in [-0.2, 0) is 5.75 Å². The Labute approximate surface area is 171 Å². The lowest BCUT2D eigenvalue weighted by Crippen LogP contribution is -2.22. The molecule has 1 heterocycles. The molecule has 138 valence electrons. The molecule has 0 aromatic heterocycles. The molecule has 0 aliphatic carbocycles. The molecule has 0 amide bonds. The number of benzene rings is 3. The minimum absolute atomic E-state index is 0. The van der Waals surface area contributed by atoms with Crippen LogP contribution >= 0.6 is 24.2 Å². The zero-order valence-corrected chi connectivity index (χ0v) is 16.8. The van der Waals surface area contributed by atoms with Crippen LogP contribution in [0.25, 0.3) is 0 Å². The summed E-state index contributed by atoms with van der Waals surface area (Å²) in [4.78, 5) is 5.03. The lowest BCUT2D eigenvalue weighted by molar-refractivity contribution is 0.573. The molecular formula is C23H23ClN2S. The van der Waals surface area contributed by atoms with E-state index in [4.69, 9.17) is 4.99 Å². The summed E-state index contributed by atoms with van der Waals surface area (Å²) in [5.74, 6) is 0.932. The van der Waals surface area contributed by atoms with Crippen LogP contribution in [0.5, 0.6) is 0 Å². The van der Waals surface area contributed by atoms with Gasteiger partial charge in [-0.15, -0.1) is 12.4 Å². The Bertz CT molecular complexity index is 897. The first-order valence-electron chi connectivity index (χ1n) is 8.93. The van der Waals surface area contributed by atoms with Crippen molar-refractivity contribution in [3.8, 4) is 0 Å². The summed E-state index contributed by atoms with van der Waals surface area (Å²) < 4.78 is 0. The SMILES string of the molecule is Cc1ccccc1CSC1=N[C@H](c2ccccc2)[C@H](c2ccccc2)N1.Cl. The Kier molecular flexibility index (Phi) is 6.59. The molecule has 0 unspecified atom stereocenters. The second-order valence-electron chi connectivity index (χ2n) is 6.54. The zero-order valence-electron chi connectivity index (χ0n) is 15.2. The number of aliphatic imine (C=N–C) groups is 1. The van der Waals surface area contributed by atoms with E-state index < -0.39 is 0 Å². The fourth-order valence-corrected chi connectivity index (χ4v) is 4.30. The van der Waals surface area contributed by atoms with Gasteiger partial charge in [0.05, 0.1) is 6.04 Å². The topological polar surface area (TPSA) is 24.4 Å². The highest BCUT2D eigenvalue weighted by molar-refractivity contribution is 8.13. The average Bonchev–Trinajstić information content (AvgIpc) is 3.13. The lowest BCUT2D eigenvalue weighted by Gasteiger charge is -2.19. The largest absolute Gasteiger partial charge is 0.356 e. The Morgan fingerprint density at radius 2 is 1.41 bits per heavy atom. The fraction of sp³-hybridized carbons (Fsp3) is 0.174. The molecular weight excluding hydrogens is 372 g/mol. The van der Waals surface area contributed by atoms with Crippen LogP contribution < -0.4 is 5.32 Å². The predicted octanol–water partition coefficient (Wildman–Crippen LogP) is 6.09. The summed E-state index contributed by atoms with van der Waals surface area (Å²) in [6.07, 6.45) is 0. The van der Waals surface area contributed by atoms with Crippen LogP contribution in [0.1, 0.15) is 34.3 Å². The standard InChI is InChI=1S/C23H22N2S.ClH/c1-17-10-8-9-15-20(17)16-26-23-24-21(18-11-4-2-5-12-18)22(25-23)19-13-6-3-7-14-19;/h2-15,21-22H,16H2,1H3,(H,24,25);1H/t21-,22+;. The van der Waals surface area contributed by atoms with Gasteiger partial charge in [0.2, 0.25) is 0 Å². The maximum atomic E-state index is 5.03. The molecule has 27 heavy (non-hydrogen) atoms. The van der Waals surface area contributed by atoms with Gasteiger partial charge in [-0.05, 0) is 29.2 Å². The third-order valence-electron chi connectivity index (χ3n) is 4.78. The number of aryl methyl sites for hydroxylation is 1. The Morgan fingerprint density at radius 3 is 2.07 bits per heavy atom. The summed E-state index contributed by atoms with van der Waals surface area (Å²) in [5, 5.41) is 4.68. The molecule has 4 rings (SSSR count). The van der Waals surface area contributed by atoms with E-state index in [1.165, 1.54) is 22.3 Å². The van der Waals surface area contributed by atoms with E-state index in [0.717, 1.165) is 10.9 Å². The average molecular weight is 395 g/mol. The van der Waals surface area contributed by atoms with Crippen molar-refractivity contribution in [3.63, 3.8) is 0 Å². The zero-order chi connectivity index (χ0) is 17.8. The van der Waals surface area contributed by atoms with Crippen molar-refractivity contribution >= 4 is 29.3 Å². The van der Waals surface area contributed by atoms with E-state index in [9.17, 15) is 0 Å². The van der Waals surface area contributed by atoms with Gasteiger partial charge >= 0.3 is 0 Å². The van der Waals surface area contributed by atoms with Gasteiger partial charge in [0.25, 0.3) is 0 Å². The highest BCUT2D eigenvalue weighted by Crippen LogP contribution is 2.38. The maximum Gasteiger partial charge on any atom is 0.158 e. The molecule has 0 radical (unpaired) electrons. The van der Waals surface area contributed by atoms with Crippen molar-refractivity contribution in [2.75, 3.05) is 0 Å². The summed E-state index contributed by atoms with van der Waals surface area (Å²) >= 11 is 1.79. The van der Waals surface area contributed by atoms with Crippen LogP contribution in [-0.4, -0.2) is 5.17 Å². The Balaban J connectivity index is 0.00000210. The lowest BCUT2D eigenvalue weighted by atomic mass is 9.95. The molecule has 1 aliphatic heterocycles. The van der Waals surface area contributed by atoms with Crippen LogP contribution in [0.3, 0.4) is 0 Å². The van der Waals surface area contributed by atoms with Gasteiger partial charge in [0, 0.05) is 5.75 Å². The summed E-state index contributed by atoms with van der Waals surface area (Å²) in [6, 6.07) is 30.0. The van der Waals surface area contributed by atoms with E-state index in [2.05, 4.69) is 97.2 Å². The van der Waals surface area contributed by atoms with Gasteiger partial charge < -0.3 is 5.32 Å². The van der Waals surface area contributed by atoms with Gasteiger partial charge in [0.1, 0.15) is 6.04 Å². The van der Waals surface area contributed by atoms with E-state index in [0.29, 0.717) is 0 Å². The number of hydrogen-bond donors (Lipinski definition) is 1. The van der Waals surface area contributed by atoms with E-state index >= 15 is 0 Å². The van der Waals surface area contributed by atoms with Crippen molar-refractivity contribution in [2.24, 2.45) is 4.99 Å². The summed E-state index contributed by atoms with van der Waals surface area (Å²) in [7, 11) is 0. The molecule has 0 fully saturated rings. The molecule has 2 nitrogen and oxygen atoms in total. The molecule has 0 bridgehead atoms. The Morgan fingerprint density at radius 1 is 0.815 bits per heavy atom. The predicted molar refractivity (Wildman–Crippen MR) is 119 cm³/mol. The molecule has 0 saturated heterocycles. The molecule has 4 heteroatoms. The van der Waals surface area contributed by atoms with Gasteiger partial charge in [0.15, 0.2) is 5.17 Å². The number of thioether (sulfide) groups is 1. The van der Waals surface area contributed by atoms with Crippen molar-refractivity contribution < 1.29 is 0 Å². The van der Waals surface area contributed by atoms with Gasteiger partial charge in [-0.2, -0.15) is 0 Å². The first kappa shape index (κ1) is 19.5. The molecule has 3 aromatic carbocycles. The number of nitrogens with one attached hydrogen (secondary N) is 1. The van der Waals surface area contributed by atoms with Crippen molar-refractivity contribution in [1.29, 1.82) is 0 Å². The molecule has 1 N–H and O–H groups in total. The van der Waals surface area contributed by atoms with Crippen LogP contribution in [0.2, 0.25) is 0 Å². The molecule has 3 aromatic rings.